The lowest BCUT2D eigenvalue weighted by atomic mass is 10.1. The molecule has 0 radical (unpaired) electrons. The lowest BCUT2D eigenvalue weighted by Gasteiger charge is -2.19. The van der Waals surface area contributed by atoms with Gasteiger partial charge in [-0.05, 0) is 48.9 Å². The van der Waals surface area contributed by atoms with E-state index < -0.39 is 0 Å². The zero-order chi connectivity index (χ0) is 21.4. The molecule has 1 saturated heterocycles. The normalized spacial score (nSPS) is 16.1. The maximum Gasteiger partial charge on any atom is 0.254 e. The number of pyridine rings is 1. The molecular weight excluding hydrogens is 396 g/mol. The van der Waals surface area contributed by atoms with Crippen molar-refractivity contribution in [3.8, 4) is 23.1 Å². The van der Waals surface area contributed by atoms with Crippen LogP contribution in [0.4, 0.5) is 0 Å². The van der Waals surface area contributed by atoms with Crippen molar-refractivity contribution in [1.29, 1.82) is 0 Å². The minimum atomic E-state index is -0.0413. The molecule has 1 aliphatic rings. The van der Waals surface area contributed by atoms with Crippen LogP contribution in [0.3, 0.4) is 0 Å². The molecule has 3 aromatic heterocycles. The van der Waals surface area contributed by atoms with E-state index >= 15 is 0 Å². The van der Waals surface area contributed by atoms with E-state index in [0.717, 1.165) is 23.4 Å². The molecule has 4 aromatic rings. The molecule has 1 aromatic carbocycles. The van der Waals surface area contributed by atoms with Crippen molar-refractivity contribution >= 4 is 17.1 Å². The van der Waals surface area contributed by atoms with Crippen LogP contribution in [-0.4, -0.2) is 52.7 Å². The summed E-state index contributed by atoms with van der Waals surface area (Å²) in [6, 6.07) is 12.8. The Hall–Kier alpha value is -3.81. The number of imidazole rings is 1. The first-order valence-electron chi connectivity index (χ1n) is 10.1. The lowest BCUT2D eigenvalue weighted by Crippen LogP contribution is -2.29. The van der Waals surface area contributed by atoms with Crippen molar-refractivity contribution in [3.05, 3.63) is 60.5 Å². The lowest BCUT2D eigenvalue weighted by molar-refractivity contribution is 0.0787. The molecule has 0 spiro atoms. The van der Waals surface area contributed by atoms with Gasteiger partial charge in [0.1, 0.15) is 5.52 Å². The topological polar surface area (TPSA) is 82.6 Å². The van der Waals surface area contributed by atoms with Crippen LogP contribution < -0.4 is 9.47 Å². The van der Waals surface area contributed by atoms with Crippen LogP contribution >= 0.6 is 0 Å². The molecule has 1 aliphatic heterocycles. The summed E-state index contributed by atoms with van der Waals surface area (Å²) in [4.78, 5) is 24.3. The van der Waals surface area contributed by atoms with Gasteiger partial charge in [0, 0.05) is 24.8 Å². The number of aromatic nitrogens is 3. The SMILES string of the molecule is COc1ccc(C(=O)N2CC[C@@H](n3c(-c4ccco4)nc4cccnc43)C2)cc1OC. The van der Waals surface area contributed by atoms with Gasteiger partial charge in [0.15, 0.2) is 28.7 Å². The van der Waals surface area contributed by atoms with Gasteiger partial charge in [-0.2, -0.15) is 0 Å². The van der Waals surface area contributed by atoms with Crippen LogP contribution in [0.5, 0.6) is 11.5 Å². The molecule has 0 bridgehead atoms. The molecule has 0 saturated carbocycles. The van der Waals surface area contributed by atoms with E-state index in [1.54, 1.807) is 44.9 Å². The minimum absolute atomic E-state index is 0.0413. The third-order valence-electron chi connectivity index (χ3n) is 5.64. The Labute approximate surface area is 179 Å². The van der Waals surface area contributed by atoms with Crippen LogP contribution in [-0.2, 0) is 0 Å². The fraction of sp³-hybridized carbons (Fsp3) is 0.261. The van der Waals surface area contributed by atoms with Crippen molar-refractivity contribution in [2.24, 2.45) is 0 Å². The highest BCUT2D eigenvalue weighted by Crippen LogP contribution is 2.34. The van der Waals surface area contributed by atoms with Gasteiger partial charge in [0.05, 0.1) is 26.5 Å². The summed E-state index contributed by atoms with van der Waals surface area (Å²) in [7, 11) is 3.13. The van der Waals surface area contributed by atoms with Crippen LogP contribution in [0.2, 0.25) is 0 Å². The standard InChI is InChI=1S/C23H22N4O4/c1-29-18-8-7-15(13-20(18)30-2)23(28)26-11-9-16(14-26)27-21-17(5-3-10-24-21)25-22(27)19-6-4-12-31-19/h3-8,10,12-13,16H,9,11,14H2,1-2H3/t16-/m1/s1. The average Bonchev–Trinajstić information content (AvgIpc) is 3.56. The van der Waals surface area contributed by atoms with Crippen LogP contribution in [0.25, 0.3) is 22.7 Å². The van der Waals surface area contributed by atoms with Gasteiger partial charge in [-0.3, -0.25) is 4.79 Å². The van der Waals surface area contributed by atoms with Crippen LogP contribution in [0.15, 0.2) is 59.3 Å². The summed E-state index contributed by atoms with van der Waals surface area (Å²) in [6.45, 7) is 1.20. The maximum absolute atomic E-state index is 13.2. The molecule has 0 N–H and O–H groups in total. The van der Waals surface area contributed by atoms with E-state index in [0.29, 0.717) is 35.9 Å². The molecule has 1 atom stereocenters. The molecule has 0 unspecified atom stereocenters. The van der Waals surface area contributed by atoms with Crippen molar-refractivity contribution in [1.82, 2.24) is 19.4 Å². The van der Waals surface area contributed by atoms with Gasteiger partial charge < -0.3 is 23.4 Å². The van der Waals surface area contributed by atoms with Crippen LogP contribution in [0, 0.1) is 0 Å². The van der Waals surface area contributed by atoms with Gasteiger partial charge in [0.2, 0.25) is 0 Å². The highest BCUT2D eigenvalue weighted by atomic mass is 16.5. The number of benzene rings is 1. The highest BCUT2D eigenvalue weighted by Gasteiger charge is 2.32. The number of ether oxygens (including phenoxy) is 2. The van der Waals surface area contributed by atoms with Crippen molar-refractivity contribution in [3.63, 3.8) is 0 Å². The van der Waals surface area contributed by atoms with E-state index in [4.69, 9.17) is 18.9 Å². The molecular formula is C23H22N4O4. The third kappa shape index (κ3) is 3.30. The van der Waals surface area contributed by atoms with E-state index in [-0.39, 0.29) is 11.9 Å². The second-order valence-corrected chi connectivity index (χ2v) is 7.39. The predicted molar refractivity (Wildman–Crippen MR) is 114 cm³/mol. The molecule has 5 rings (SSSR count). The van der Waals surface area contributed by atoms with Gasteiger partial charge in [0.25, 0.3) is 5.91 Å². The number of likely N-dealkylation sites (tertiary alicyclic amines) is 1. The monoisotopic (exact) mass is 418 g/mol. The number of carbonyl (C=O) groups excluding carboxylic acids is 1. The molecule has 31 heavy (non-hydrogen) atoms. The first-order valence-corrected chi connectivity index (χ1v) is 10.1. The highest BCUT2D eigenvalue weighted by molar-refractivity contribution is 5.95. The van der Waals surface area contributed by atoms with E-state index in [1.165, 1.54) is 0 Å². The quantitative estimate of drug-likeness (QED) is 0.490. The number of amides is 1. The number of hydrogen-bond acceptors (Lipinski definition) is 6. The van der Waals surface area contributed by atoms with Crippen molar-refractivity contribution in [2.75, 3.05) is 27.3 Å². The van der Waals surface area contributed by atoms with Crippen LogP contribution in [0.1, 0.15) is 22.8 Å². The number of nitrogens with zero attached hydrogens (tertiary/aromatic N) is 4. The fourth-order valence-electron chi connectivity index (χ4n) is 4.14. The van der Waals surface area contributed by atoms with E-state index in [2.05, 4.69) is 9.55 Å². The summed E-state index contributed by atoms with van der Waals surface area (Å²) in [5, 5.41) is 0. The van der Waals surface area contributed by atoms with Crippen molar-refractivity contribution in [2.45, 2.75) is 12.5 Å². The molecule has 8 nitrogen and oxygen atoms in total. The summed E-state index contributed by atoms with van der Waals surface area (Å²) in [5.41, 5.74) is 2.16. The summed E-state index contributed by atoms with van der Waals surface area (Å²) in [6.07, 6.45) is 4.19. The zero-order valence-electron chi connectivity index (χ0n) is 17.3. The molecule has 8 heteroatoms. The second-order valence-electron chi connectivity index (χ2n) is 7.39. The largest absolute Gasteiger partial charge is 0.493 e. The Morgan fingerprint density at radius 3 is 2.77 bits per heavy atom. The number of methoxy groups -OCH3 is 2. The first-order chi connectivity index (χ1) is 15.2. The smallest absolute Gasteiger partial charge is 0.254 e. The Morgan fingerprint density at radius 2 is 2.00 bits per heavy atom. The molecule has 158 valence electrons. The van der Waals surface area contributed by atoms with Gasteiger partial charge in [-0.25, -0.2) is 9.97 Å². The average molecular weight is 418 g/mol. The summed E-state index contributed by atoms with van der Waals surface area (Å²) >= 11 is 0. The predicted octanol–water partition coefficient (Wildman–Crippen LogP) is 3.80. The van der Waals surface area contributed by atoms with Gasteiger partial charge >= 0.3 is 0 Å². The van der Waals surface area contributed by atoms with Gasteiger partial charge in [-0.1, -0.05) is 0 Å². The molecule has 0 aliphatic carbocycles. The number of rotatable bonds is 5. The Balaban J connectivity index is 1.46. The maximum atomic E-state index is 13.2. The van der Waals surface area contributed by atoms with E-state index in [9.17, 15) is 4.79 Å². The Kier molecular flexibility index (Phi) is 4.82. The number of carbonyl (C=O) groups is 1. The zero-order valence-corrected chi connectivity index (χ0v) is 17.3. The number of hydrogen-bond donors (Lipinski definition) is 0. The fourth-order valence-corrected chi connectivity index (χ4v) is 4.14. The second kappa shape index (κ2) is 7.79. The summed E-state index contributed by atoms with van der Waals surface area (Å²) < 4.78 is 18.3. The Bertz CT molecular complexity index is 1230. The minimum Gasteiger partial charge on any atom is -0.493 e. The number of furan rings is 1. The summed E-state index contributed by atoms with van der Waals surface area (Å²) in [5.74, 6) is 2.50. The molecule has 1 fully saturated rings. The van der Waals surface area contributed by atoms with Gasteiger partial charge in [-0.15, -0.1) is 0 Å². The number of fused-ring (bicyclic) bond motifs is 1. The molecule has 4 heterocycles. The molecule has 1 amide bonds. The Morgan fingerprint density at radius 1 is 1.13 bits per heavy atom. The third-order valence-corrected chi connectivity index (χ3v) is 5.64. The van der Waals surface area contributed by atoms with Crippen molar-refractivity contribution < 1.29 is 18.7 Å². The first kappa shape index (κ1) is 19.2. The van der Waals surface area contributed by atoms with E-state index in [1.807, 2.05) is 29.2 Å².